The van der Waals surface area contributed by atoms with Crippen LogP contribution in [0, 0.1) is 0 Å². The predicted molar refractivity (Wildman–Crippen MR) is 126 cm³/mol. The highest BCUT2D eigenvalue weighted by atomic mass is 35.5. The Bertz CT molecular complexity index is 1050. The summed E-state index contributed by atoms with van der Waals surface area (Å²) in [6.07, 6.45) is 5.83. The van der Waals surface area contributed by atoms with Gasteiger partial charge in [-0.1, -0.05) is 37.5 Å². The van der Waals surface area contributed by atoms with Crippen molar-refractivity contribution in [1.29, 1.82) is 0 Å². The van der Waals surface area contributed by atoms with Crippen LogP contribution < -0.4 is 15.7 Å². The molecule has 2 aromatic carbocycles. The molecule has 1 heterocycles. The van der Waals surface area contributed by atoms with Crippen molar-refractivity contribution >= 4 is 23.4 Å². The third-order valence-electron chi connectivity index (χ3n) is 6.21. The minimum absolute atomic E-state index is 0. The smallest absolute Gasteiger partial charge is 0.328 e. The third kappa shape index (κ3) is 5.32. The van der Waals surface area contributed by atoms with Gasteiger partial charge in [-0.3, -0.25) is 9.13 Å². The number of hydrogen-bond acceptors (Lipinski definition) is 4. The summed E-state index contributed by atoms with van der Waals surface area (Å²) in [5.74, 6) is 0.739. The standard InChI is InChI=1S/C24H31N3O3.ClH/c1-26-21-13-10-18(14-22(21)27(2)24(26)29)23(28)16-30-20-11-8-17(9-12-20)15-25-19-6-4-3-5-7-19;/h8-14,19,23,25,28H,3-7,15-16H2,1-2H3;1H. The molecule has 168 valence electrons. The maximum atomic E-state index is 12.1. The summed E-state index contributed by atoms with van der Waals surface area (Å²) < 4.78 is 8.99. The van der Waals surface area contributed by atoms with Crippen LogP contribution in [0.5, 0.6) is 5.75 Å². The largest absolute Gasteiger partial charge is 0.491 e. The molecule has 1 aromatic heterocycles. The van der Waals surface area contributed by atoms with E-state index in [-0.39, 0.29) is 24.7 Å². The van der Waals surface area contributed by atoms with E-state index in [1.807, 2.05) is 30.3 Å². The summed E-state index contributed by atoms with van der Waals surface area (Å²) in [5.41, 5.74) is 3.54. The Morgan fingerprint density at radius 3 is 2.42 bits per heavy atom. The highest BCUT2D eigenvalue weighted by Gasteiger charge is 2.14. The lowest BCUT2D eigenvalue weighted by molar-refractivity contribution is 0.108. The molecule has 1 aliphatic carbocycles. The van der Waals surface area contributed by atoms with Crippen molar-refractivity contribution in [1.82, 2.24) is 14.5 Å². The fraction of sp³-hybridized carbons (Fsp3) is 0.458. The number of aliphatic hydroxyl groups excluding tert-OH is 1. The monoisotopic (exact) mass is 445 g/mol. The number of nitrogens with zero attached hydrogens (tertiary/aromatic N) is 2. The van der Waals surface area contributed by atoms with E-state index < -0.39 is 6.10 Å². The van der Waals surface area contributed by atoms with Crippen LogP contribution in [-0.2, 0) is 20.6 Å². The lowest BCUT2D eigenvalue weighted by Gasteiger charge is -2.22. The number of rotatable bonds is 7. The van der Waals surface area contributed by atoms with Crippen LogP contribution in [0.2, 0.25) is 0 Å². The Labute approximate surface area is 189 Å². The van der Waals surface area contributed by atoms with E-state index in [1.165, 1.54) is 37.7 Å². The molecule has 0 spiro atoms. The van der Waals surface area contributed by atoms with Crippen molar-refractivity contribution in [3.8, 4) is 5.75 Å². The van der Waals surface area contributed by atoms with Gasteiger partial charge in [-0.25, -0.2) is 4.79 Å². The summed E-state index contributed by atoms with van der Waals surface area (Å²) in [6.45, 7) is 1.04. The summed E-state index contributed by atoms with van der Waals surface area (Å²) >= 11 is 0. The maximum Gasteiger partial charge on any atom is 0.328 e. The molecule has 1 saturated carbocycles. The quantitative estimate of drug-likeness (QED) is 0.580. The summed E-state index contributed by atoms with van der Waals surface area (Å²) in [6, 6.07) is 14.3. The van der Waals surface area contributed by atoms with Gasteiger partial charge in [0.2, 0.25) is 0 Å². The van der Waals surface area contributed by atoms with E-state index >= 15 is 0 Å². The second kappa shape index (κ2) is 10.4. The van der Waals surface area contributed by atoms with Gasteiger partial charge in [-0.2, -0.15) is 0 Å². The number of aromatic nitrogens is 2. The van der Waals surface area contributed by atoms with Crippen LogP contribution >= 0.6 is 12.4 Å². The summed E-state index contributed by atoms with van der Waals surface area (Å²) in [4.78, 5) is 12.1. The van der Waals surface area contributed by atoms with Crippen LogP contribution in [0.4, 0.5) is 0 Å². The van der Waals surface area contributed by atoms with Crippen molar-refractivity contribution in [2.45, 2.75) is 50.8 Å². The number of hydrogen-bond donors (Lipinski definition) is 2. The molecule has 7 heteroatoms. The van der Waals surface area contributed by atoms with Crippen molar-refractivity contribution in [2.24, 2.45) is 14.1 Å². The van der Waals surface area contributed by atoms with Gasteiger partial charge in [0.25, 0.3) is 0 Å². The first-order valence-corrected chi connectivity index (χ1v) is 10.8. The van der Waals surface area contributed by atoms with E-state index in [4.69, 9.17) is 4.74 Å². The van der Waals surface area contributed by atoms with Crippen molar-refractivity contribution in [2.75, 3.05) is 6.61 Å². The average molecular weight is 446 g/mol. The predicted octanol–water partition coefficient (Wildman–Crippen LogP) is 3.83. The molecule has 1 unspecified atom stereocenters. The highest BCUT2D eigenvalue weighted by Crippen LogP contribution is 2.22. The van der Waals surface area contributed by atoms with Crippen LogP contribution in [0.25, 0.3) is 11.0 Å². The highest BCUT2D eigenvalue weighted by molar-refractivity contribution is 5.85. The summed E-state index contributed by atoms with van der Waals surface area (Å²) in [5, 5.41) is 14.2. The molecule has 6 nitrogen and oxygen atoms in total. The number of benzene rings is 2. The third-order valence-corrected chi connectivity index (χ3v) is 6.21. The van der Waals surface area contributed by atoms with Crippen LogP contribution in [0.15, 0.2) is 47.3 Å². The molecular weight excluding hydrogens is 414 g/mol. The molecule has 4 rings (SSSR count). The normalized spacial score (nSPS) is 15.6. The van der Waals surface area contributed by atoms with Crippen molar-refractivity contribution in [3.05, 3.63) is 64.1 Å². The molecule has 1 fully saturated rings. The van der Waals surface area contributed by atoms with Gasteiger partial charge >= 0.3 is 5.69 Å². The summed E-state index contributed by atoms with van der Waals surface area (Å²) in [7, 11) is 3.49. The van der Waals surface area contributed by atoms with Gasteiger partial charge in [0.05, 0.1) is 11.0 Å². The fourth-order valence-electron chi connectivity index (χ4n) is 4.27. The lowest BCUT2D eigenvalue weighted by Crippen LogP contribution is -2.30. The minimum Gasteiger partial charge on any atom is -0.491 e. The zero-order chi connectivity index (χ0) is 21.1. The molecule has 0 saturated heterocycles. The van der Waals surface area contributed by atoms with E-state index in [1.54, 1.807) is 23.2 Å². The van der Waals surface area contributed by atoms with Gasteiger partial charge in [0.1, 0.15) is 18.5 Å². The first-order valence-electron chi connectivity index (χ1n) is 10.8. The second-order valence-electron chi connectivity index (χ2n) is 8.34. The molecule has 3 aromatic rings. The molecule has 31 heavy (non-hydrogen) atoms. The Balaban J connectivity index is 0.00000272. The van der Waals surface area contributed by atoms with Crippen LogP contribution in [0.1, 0.15) is 49.3 Å². The molecule has 2 N–H and O–H groups in total. The second-order valence-corrected chi connectivity index (χ2v) is 8.34. The Morgan fingerprint density at radius 2 is 1.71 bits per heavy atom. The number of aryl methyl sites for hydroxylation is 2. The molecule has 0 aliphatic heterocycles. The van der Waals surface area contributed by atoms with E-state index in [0.717, 1.165) is 28.9 Å². The van der Waals surface area contributed by atoms with Gasteiger partial charge < -0.3 is 15.2 Å². The van der Waals surface area contributed by atoms with E-state index in [2.05, 4.69) is 17.4 Å². The van der Waals surface area contributed by atoms with Gasteiger partial charge in [-0.15, -0.1) is 12.4 Å². The van der Waals surface area contributed by atoms with E-state index in [0.29, 0.717) is 6.04 Å². The number of nitrogens with one attached hydrogen (secondary N) is 1. The topological polar surface area (TPSA) is 68.4 Å². The number of aliphatic hydroxyl groups is 1. The van der Waals surface area contributed by atoms with Crippen LogP contribution in [-0.4, -0.2) is 26.9 Å². The van der Waals surface area contributed by atoms with Crippen LogP contribution in [0.3, 0.4) is 0 Å². The molecule has 0 amide bonds. The zero-order valence-electron chi connectivity index (χ0n) is 18.2. The van der Waals surface area contributed by atoms with Gasteiger partial charge in [0, 0.05) is 26.7 Å². The molecule has 0 radical (unpaired) electrons. The SMILES string of the molecule is Cl.Cn1c(=O)n(C)c2cc(C(O)COc3ccc(CNC4CCCCC4)cc3)ccc21. The molecule has 1 aliphatic rings. The zero-order valence-corrected chi connectivity index (χ0v) is 19.0. The van der Waals surface area contributed by atoms with Gasteiger partial charge in [-0.05, 0) is 48.2 Å². The van der Waals surface area contributed by atoms with Crippen molar-refractivity contribution in [3.63, 3.8) is 0 Å². The van der Waals surface area contributed by atoms with E-state index in [9.17, 15) is 9.90 Å². The van der Waals surface area contributed by atoms with Crippen molar-refractivity contribution < 1.29 is 9.84 Å². The number of fused-ring (bicyclic) bond motifs is 1. The molecule has 1 atom stereocenters. The first-order chi connectivity index (χ1) is 14.5. The first kappa shape index (κ1) is 23.4. The number of ether oxygens (including phenoxy) is 1. The Morgan fingerprint density at radius 1 is 1.03 bits per heavy atom. The minimum atomic E-state index is -0.766. The maximum absolute atomic E-state index is 12.1. The number of imidazole rings is 1. The Hall–Kier alpha value is -2.28. The average Bonchev–Trinajstić information content (AvgIpc) is 3.01. The lowest BCUT2D eigenvalue weighted by atomic mass is 9.95. The molecule has 0 bridgehead atoms. The molecular formula is C24H32ClN3O3. The van der Waals surface area contributed by atoms with Gasteiger partial charge in [0.15, 0.2) is 0 Å². The Kier molecular flexibility index (Phi) is 7.81. The fourth-order valence-corrected chi connectivity index (χ4v) is 4.27. The number of halogens is 1.